The van der Waals surface area contributed by atoms with Crippen LogP contribution in [0.15, 0.2) is 24.3 Å². The van der Waals surface area contributed by atoms with E-state index in [9.17, 15) is 9.59 Å². The Bertz CT molecular complexity index is 558. The van der Waals surface area contributed by atoms with E-state index in [2.05, 4.69) is 4.90 Å². The number of hydrogen-bond acceptors (Lipinski definition) is 4. The zero-order chi connectivity index (χ0) is 16.3. The van der Waals surface area contributed by atoms with Gasteiger partial charge in [-0.25, -0.2) is 4.79 Å². The first-order valence-corrected chi connectivity index (χ1v) is 7.39. The average Bonchev–Trinajstić information content (AvgIpc) is 2.45. The summed E-state index contributed by atoms with van der Waals surface area (Å²) >= 11 is 0. The monoisotopic (exact) mass is 305 g/mol. The van der Waals surface area contributed by atoms with Crippen molar-refractivity contribution in [3.05, 3.63) is 29.8 Å². The van der Waals surface area contributed by atoms with E-state index in [0.29, 0.717) is 31.7 Å². The van der Waals surface area contributed by atoms with Crippen molar-refractivity contribution in [2.75, 3.05) is 31.1 Å². The highest BCUT2D eigenvalue weighted by Gasteiger charge is 2.26. The molecule has 2 N–H and O–H groups in total. The number of primary amides is 1. The second-order valence-corrected chi connectivity index (χ2v) is 6.34. The molecule has 0 aromatic heterocycles. The smallest absolute Gasteiger partial charge is 0.410 e. The molecule has 0 saturated carbocycles. The first-order valence-electron chi connectivity index (χ1n) is 7.39. The van der Waals surface area contributed by atoms with Gasteiger partial charge in [0.25, 0.3) is 5.91 Å². The van der Waals surface area contributed by atoms with Gasteiger partial charge in [0.15, 0.2) is 0 Å². The van der Waals surface area contributed by atoms with Crippen LogP contribution in [-0.2, 0) is 4.74 Å². The fraction of sp³-hybridized carbons (Fsp3) is 0.500. The third kappa shape index (κ3) is 3.90. The summed E-state index contributed by atoms with van der Waals surface area (Å²) in [5.74, 6) is -0.440. The van der Waals surface area contributed by atoms with E-state index in [4.69, 9.17) is 10.5 Å². The van der Waals surface area contributed by atoms with Crippen LogP contribution in [0.4, 0.5) is 10.5 Å². The summed E-state index contributed by atoms with van der Waals surface area (Å²) in [6, 6.07) is 7.27. The SMILES string of the molecule is CC(C)(C)OC(=O)N1CCN(c2ccccc2C(N)=O)CC1. The Kier molecular flexibility index (Phi) is 4.59. The van der Waals surface area contributed by atoms with Crippen molar-refractivity contribution in [3.63, 3.8) is 0 Å². The molecule has 1 aromatic carbocycles. The van der Waals surface area contributed by atoms with Crippen LogP contribution in [-0.4, -0.2) is 48.7 Å². The van der Waals surface area contributed by atoms with Crippen molar-refractivity contribution >= 4 is 17.7 Å². The van der Waals surface area contributed by atoms with Crippen molar-refractivity contribution in [1.82, 2.24) is 4.90 Å². The number of nitrogens with zero attached hydrogens (tertiary/aromatic N) is 2. The van der Waals surface area contributed by atoms with Gasteiger partial charge in [-0.1, -0.05) is 12.1 Å². The van der Waals surface area contributed by atoms with Gasteiger partial charge < -0.3 is 20.3 Å². The number of ether oxygens (including phenoxy) is 1. The van der Waals surface area contributed by atoms with Crippen molar-refractivity contribution in [3.8, 4) is 0 Å². The van der Waals surface area contributed by atoms with Crippen molar-refractivity contribution in [2.45, 2.75) is 26.4 Å². The van der Waals surface area contributed by atoms with Gasteiger partial charge in [-0.15, -0.1) is 0 Å². The molecule has 120 valence electrons. The van der Waals surface area contributed by atoms with Gasteiger partial charge in [0.1, 0.15) is 5.60 Å². The van der Waals surface area contributed by atoms with E-state index in [1.165, 1.54) is 0 Å². The molecule has 1 heterocycles. The first kappa shape index (κ1) is 16.1. The van der Waals surface area contributed by atoms with E-state index < -0.39 is 11.5 Å². The Balaban J connectivity index is 2.01. The maximum absolute atomic E-state index is 12.0. The van der Waals surface area contributed by atoms with E-state index in [1.807, 2.05) is 32.9 Å². The lowest BCUT2D eigenvalue weighted by atomic mass is 10.1. The molecule has 1 aliphatic rings. The lowest BCUT2D eigenvalue weighted by molar-refractivity contribution is 0.0240. The molecular weight excluding hydrogens is 282 g/mol. The van der Waals surface area contributed by atoms with E-state index in [1.54, 1.807) is 17.0 Å². The maximum atomic E-state index is 12.0. The van der Waals surface area contributed by atoms with Gasteiger partial charge in [-0.3, -0.25) is 4.79 Å². The van der Waals surface area contributed by atoms with Gasteiger partial charge in [-0.2, -0.15) is 0 Å². The fourth-order valence-electron chi connectivity index (χ4n) is 2.41. The summed E-state index contributed by atoms with van der Waals surface area (Å²) in [5.41, 5.74) is 6.25. The average molecular weight is 305 g/mol. The third-order valence-corrected chi connectivity index (χ3v) is 3.44. The zero-order valence-electron chi connectivity index (χ0n) is 13.3. The molecule has 1 fully saturated rings. The third-order valence-electron chi connectivity index (χ3n) is 3.44. The van der Waals surface area contributed by atoms with Gasteiger partial charge in [0.05, 0.1) is 5.56 Å². The lowest BCUT2D eigenvalue weighted by Gasteiger charge is -2.37. The molecule has 2 amide bonds. The molecular formula is C16H23N3O3. The molecule has 1 aromatic rings. The Hall–Kier alpha value is -2.24. The quantitative estimate of drug-likeness (QED) is 0.904. The molecule has 22 heavy (non-hydrogen) atoms. The number of piperazine rings is 1. The molecule has 2 rings (SSSR count). The van der Waals surface area contributed by atoms with E-state index in [0.717, 1.165) is 5.69 Å². The van der Waals surface area contributed by atoms with E-state index in [-0.39, 0.29) is 6.09 Å². The van der Waals surface area contributed by atoms with E-state index >= 15 is 0 Å². The topological polar surface area (TPSA) is 75.9 Å². The molecule has 0 atom stereocenters. The zero-order valence-corrected chi connectivity index (χ0v) is 13.3. The highest BCUT2D eigenvalue weighted by Crippen LogP contribution is 2.22. The van der Waals surface area contributed by atoms with Gasteiger partial charge in [0.2, 0.25) is 0 Å². The Morgan fingerprint density at radius 3 is 2.23 bits per heavy atom. The van der Waals surface area contributed by atoms with Gasteiger partial charge in [-0.05, 0) is 32.9 Å². The van der Waals surface area contributed by atoms with Gasteiger partial charge >= 0.3 is 6.09 Å². The predicted octanol–water partition coefficient (Wildman–Crippen LogP) is 1.84. The van der Waals surface area contributed by atoms with Crippen LogP contribution in [0.25, 0.3) is 0 Å². The number of nitrogens with two attached hydrogens (primary N) is 1. The summed E-state index contributed by atoms with van der Waals surface area (Å²) in [6.07, 6.45) is -0.296. The van der Waals surface area contributed by atoms with Crippen LogP contribution in [0.2, 0.25) is 0 Å². The van der Waals surface area contributed by atoms with Crippen molar-refractivity contribution in [1.29, 1.82) is 0 Å². The van der Waals surface area contributed by atoms with Crippen LogP contribution in [0.3, 0.4) is 0 Å². The van der Waals surface area contributed by atoms with Crippen LogP contribution < -0.4 is 10.6 Å². The molecule has 0 bridgehead atoms. The Morgan fingerprint density at radius 2 is 1.68 bits per heavy atom. The summed E-state index contributed by atoms with van der Waals surface area (Å²) in [7, 11) is 0. The Morgan fingerprint density at radius 1 is 1.09 bits per heavy atom. The number of para-hydroxylation sites is 1. The number of amides is 2. The first-order chi connectivity index (χ1) is 10.3. The summed E-state index contributed by atoms with van der Waals surface area (Å²) in [5, 5.41) is 0. The maximum Gasteiger partial charge on any atom is 0.410 e. The number of carbonyl (C=O) groups excluding carboxylic acids is 2. The fourth-order valence-corrected chi connectivity index (χ4v) is 2.41. The number of carbonyl (C=O) groups is 2. The van der Waals surface area contributed by atoms with Gasteiger partial charge in [0, 0.05) is 31.9 Å². The molecule has 0 radical (unpaired) electrons. The Labute approximate surface area is 130 Å². The normalized spacial score (nSPS) is 15.6. The second kappa shape index (κ2) is 6.25. The van der Waals surface area contributed by atoms with Crippen LogP contribution >= 0.6 is 0 Å². The van der Waals surface area contributed by atoms with Crippen LogP contribution in [0.5, 0.6) is 0 Å². The minimum atomic E-state index is -0.493. The highest BCUT2D eigenvalue weighted by molar-refractivity contribution is 5.98. The summed E-state index contributed by atoms with van der Waals surface area (Å²) < 4.78 is 5.37. The minimum Gasteiger partial charge on any atom is -0.444 e. The molecule has 1 aliphatic heterocycles. The van der Waals surface area contributed by atoms with Crippen LogP contribution in [0, 0.1) is 0 Å². The molecule has 0 aliphatic carbocycles. The molecule has 0 unspecified atom stereocenters. The molecule has 6 nitrogen and oxygen atoms in total. The highest BCUT2D eigenvalue weighted by atomic mass is 16.6. The number of hydrogen-bond donors (Lipinski definition) is 1. The second-order valence-electron chi connectivity index (χ2n) is 6.34. The lowest BCUT2D eigenvalue weighted by Crippen LogP contribution is -2.50. The summed E-state index contributed by atoms with van der Waals surface area (Å²) in [4.78, 5) is 27.3. The molecule has 0 spiro atoms. The minimum absolute atomic E-state index is 0.296. The van der Waals surface area contributed by atoms with Crippen molar-refractivity contribution in [2.24, 2.45) is 5.73 Å². The number of anilines is 1. The molecule has 1 saturated heterocycles. The number of rotatable bonds is 2. The number of benzene rings is 1. The summed E-state index contributed by atoms with van der Waals surface area (Å²) in [6.45, 7) is 7.95. The largest absolute Gasteiger partial charge is 0.444 e. The van der Waals surface area contributed by atoms with Crippen molar-refractivity contribution < 1.29 is 14.3 Å². The standard InChI is InChI=1S/C16H23N3O3/c1-16(2,3)22-15(21)19-10-8-18(9-11-19)13-7-5-4-6-12(13)14(17)20/h4-7H,8-11H2,1-3H3,(H2,17,20). The predicted molar refractivity (Wildman–Crippen MR) is 85.0 cm³/mol. The molecule has 6 heteroatoms. The van der Waals surface area contributed by atoms with Crippen LogP contribution in [0.1, 0.15) is 31.1 Å².